The lowest BCUT2D eigenvalue weighted by Gasteiger charge is -2.38. The molecule has 1 rings (SSSR count). The van der Waals surface area contributed by atoms with Gasteiger partial charge in [-0.2, -0.15) is 0 Å². The molecule has 0 saturated heterocycles. The first-order valence-corrected chi connectivity index (χ1v) is 7.14. The average molecular weight is 243 g/mol. The molecule has 5 atom stereocenters. The molecule has 1 aliphatic rings. The van der Waals surface area contributed by atoms with E-state index in [2.05, 4.69) is 27.7 Å². The summed E-state index contributed by atoms with van der Waals surface area (Å²) < 4.78 is 12.1. The van der Waals surface area contributed by atoms with Crippen molar-refractivity contribution in [3.63, 3.8) is 0 Å². The Morgan fingerprint density at radius 3 is 2.24 bits per heavy atom. The molecule has 0 radical (unpaired) electrons. The topological polar surface area (TPSA) is 44.5 Å². The van der Waals surface area contributed by atoms with Gasteiger partial charge in [-0.3, -0.25) is 0 Å². The molecule has 0 aliphatic heterocycles. The summed E-state index contributed by atoms with van der Waals surface area (Å²) in [7, 11) is 0. The Labute approximate surface area is 106 Å². The molecule has 0 spiro atoms. The van der Waals surface area contributed by atoms with E-state index in [4.69, 9.17) is 15.2 Å². The standard InChI is InChI=1S/C14H29NO2/c1-5-10(3)16-13-9-7-8-12(15)14(13)17-11(4)6-2/h10-14H,5-9,15H2,1-4H3. The highest BCUT2D eigenvalue weighted by atomic mass is 16.6. The van der Waals surface area contributed by atoms with Crippen LogP contribution in [0, 0.1) is 0 Å². The van der Waals surface area contributed by atoms with E-state index in [1.165, 1.54) is 0 Å². The van der Waals surface area contributed by atoms with E-state index in [0.717, 1.165) is 32.1 Å². The first kappa shape index (κ1) is 14.9. The number of hydrogen-bond donors (Lipinski definition) is 1. The summed E-state index contributed by atoms with van der Waals surface area (Å²) >= 11 is 0. The van der Waals surface area contributed by atoms with E-state index >= 15 is 0 Å². The number of nitrogens with two attached hydrogens (primary N) is 1. The Hall–Kier alpha value is -0.120. The molecule has 0 aromatic heterocycles. The van der Waals surface area contributed by atoms with Gasteiger partial charge in [0.2, 0.25) is 0 Å². The molecule has 1 aliphatic carbocycles. The molecule has 0 amide bonds. The lowest BCUT2D eigenvalue weighted by Crippen LogP contribution is -2.51. The highest BCUT2D eigenvalue weighted by molar-refractivity contribution is 4.87. The maximum atomic E-state index is 6.18. The van der Waals surface area contributed by atoms with Crippen molar-refractivity contribution >= 4 is 0 Å². The summed E-state index contributed by atoms with van der Waals surface area (Å²) in [5, 5.41) is 0. The highest BCUT2D eigenvalue weighted by Crippen LogP contribution is 2.26. The lowest BCUT2D eigenvalue weighted by molar-refractivity contribution is -0.139. The van der Waals surface area contributed by atoms with Crippen LogP contribution in [0.1, 0.15) is 59.8 Å². The summed E-state index contributed by atoms with van der Waals surface area (Å²) in [4.78, 5) is 0. The van der Waals surface area contributed by atoms with Crippen LogP contribution in [0.4, 0.5) is 0 Å². The van der Waals surface area contributed by atoms with Crippen molar-refractivity contribution < 1.29 is 9.47 Å². The van der Waals surface area contributed by atoms with Crippen molar-refractivity contribution in [3.8, 4) is 0 Å². The summed E-state index contributed by atoms with van der Waals surface area (Å²) in [6.45, 7) is 8.53. The van der Waals surface area contributed by atoms with Crippen LogP contribution in [-0.2, 0) is 9.47 Å². The number of rotatable bonds is 6. The van der Waals surface area contributed by atoms with E-state index in [0.29, 0.717) is 6.10 Å². The molecule has 0 heterocycles. The molecular formula is C14H29NO2. The zero-order chi connectivity index (χ0) is 12.8. The quantitative estimate of drug-likeness (QED) is 0.780. The fraction of sp³-hybridized carbons (Fsp3) is 1.00. The molecule has 0 bridgehead atoms. The second-order valence-corrected chi connectivity index (χ2v) is 5.31. The van der Waals surface area contributed by atoms with Crippen LogP contribution < -0.4 is 5.73 Å². The normalized spacial score (nSPS) is 33.4. The van der Waals surface area contributed by atoms with Gasteiger partial charge >= 0.3 is 0 Å². The van der Waals surface area contributed by atoms with Gasteiger partial charge in [0.15, 0.2) is 0 Å². The predicted octanol–water partition coefficient (Wildman–Crippen LogP) is 2.87. The summed E-state index contributed by atoms with van der Waals surface area (Å²) in [6, 6.07) is 0.131. The van der Waals surface area contributed by atoms with Gasteiger partial charge in [0.05, 0.1) is 24.4 Å². The maximum Gasteiger partial charge on any atom is 0.0990 e. The highest BCUT2D eigenvalue weighted by Gasteiger charge is 2.34. The van der Waals surface area contributed by atoms with Gasteiger partial charge in [-0.05, 0) is 46.0 Å². The molecule has 102 valence electrons. The third-order valence-corrected chi connectivity index (χ3v) is 3.76. The zero-order valence-electron chi connectivity index (χ0n) is 11.8. The van der Waals surface area contributed by atoms with Gasteiger partial charge < -0.3 is 15.2 Å². The first-order chi connectivity index (χ1) is 8.08. The molecule has 1 fully saturated rings. The summed E-state index contributed by atoms with van der Waals surface area (Å²) in [5.74, 6) is 0. The van der Waals surface area contributed by atoms with Gasteiger partial charge in [0, 0.05) is 6.04 Å². The second kappa shape index (κ2) is 7.34. The monoisotopic (exact) mass is 243 g/mol. The lowest BCUT2D eigenvalue weighted by atomic mass is 9.90. The summed E-state index contributed by atoms with van der Waals surface area (Å²) in [5.41, 5.74) is 6.18. The molecule has 0 aromatic rings. The fourth-order valence-electron chi connectivity index (χ4n) is 2.25. The SMILES string of the molecule is CCC(C)OC1CCCC(N)C1OC(C)CC. The summed E-state index contributed by atoms with van der Waals surface area (Å²) in [6.07, 6.45) is 6.19. The molecule has 5 unspecified atom stereocenters. The van der Waals surface area contributed by atoms with Crippen LogP contribution in [0.25, 0.3) is 0 Å². The fourth-order valence-corrected chi connectivity index (χ4v) is 2.25. The first-order valence-electron chi connectivity index (χ1n) is 7.14. The third-order valence-electron chi connectivity index (χ3n) is 3.76. The van der Waals surface area contributed by atoms with E-state index in [1.807, 2.05) is 0 Å². The van der Waals surface area contributed by atoms with E-state index in [1.54, 1.807) is 0 Å². The van der Waals surface area contributed by atoms with E-state index in [9.17, 15) is 0 Å². The van der Waals surface area contributed by atoms with Crippen molar-refractivity contribution in [2.24, 2.45) is 5.73 Å². The molecule has 3 nitrogen and oxygen atoms in total. The van der Waals surface area contributed by atoms with Crippen LogP contribution in [0.3, 0.4) is 0 Å². The van der Waals surface area contributed by atoms with Crippen LogP contribution in [0.15, 0.2) is 0 Å². The van der Waals surface area contributed by atoms with Gasteiger partial charge in [-0.25, -0.2) is 0 Å². The molecule has 1 saturated carbocycles. The Balaban J connectivity index is 2.56. The smallest absolute Gasteiger partial charge is 0.0990 e. The largest absolute Gasteiger partial charge is 0.373 e. The van der Waals surface area contributed by atoms with Crippen LogP contribution in [0.5, 0.6) is 0 Å². The Morgan fingerprint density at radius 2 is 1.65 bits per heavy atom. The number of ether oxygens (including phenoxy) is 2. The Kier molecular flexibility index (Phi) is 6.45. The van der Waals surface area contributed by atoms with E-state index in [-0.39, 0.29) is 24.4 Å². The molecule has 2 N–H and O–H groups in total. The zero-order valence-corrected chi connectivity index (χ0v) is 11.8. The molecule has 0 aromatic carbocycles. The van der Waals surface area contributed by atoms with E-state index < -0.39 is 0 Å². The van der Waals surface area contributed by atoms with Crippen molar-refractivity contribution in [2.45, 2.75) is 90.3 Å². The van der Waals surface area contributed by atoms with Gasteiger partial charge in [0.1, 0.15) is 0 Å². The Morgan fingerprint density at radius 1 is 1.06 bits per heavy atom. The maximum absolute atomic E-state index is 6.18. The van der Waals surface area contributed by atoms with Crippen molar-refractivity contribution in [1.82, 2.24) is 0 Å². The van der Waals surface area contributed by atoms with Gasteiger partial charge in [-0.1, -0.05) is 13.8 Å². The van der Waals surface area contributed by atoms with Crippen LogP contribution >= 0.6 is 0 Å². The minimum absolute atomic E-state index is 0.0766. The predicted molar refractivity (Wildman–Crippen MR) is 71.1 cm³/mol. The van der Waals surface area contributed by atoms with Crippen LogP contribution in [0.2, 0.25) is 0 Å². The minimum Gasteiger partial charge on any atom is -0.373 e. The van der Waals surface area contributed by atoms with Crippen molar-refractivity contribution in [3.05, 3.63) is 0 Å². The molecule has 17 heavy (non-hydrogen) atoms. The van der Waals surface area contributed by atoms with Gasteiger partial charge in [0.25, 0.3) is 0 Å². The molecule has 3 heteroatoms. The third kappa shape index (κ3) is 4.57. The number of hydrogen-bond acceptors (Lipinski definition) is 3. The molecular weight excluding hydrogens is 214 g/mol. The van der Waals surface area contributed by atoms with Crippen LogP contribution in [-0.4, -0.2) is 30.5 Å². The Bertz CT molecular complexity index is 210. The average Bonchev–Trinajstić information content (AvgIpc) is 2.33. The minimum atomic E-state index is 0.0766. The van der Waals surface area contributed by atoms with Gasteiger partial charge in [-0.15, -0.1) is 0 Å². The van der Waals surface area contributed by atoms with Crippen molar-refractivity contribution in [2.75, 3.05) is 0 Å². The van der Waals surface area contributed by atoms with Crippen molar-refractivity contribution in [1.29, 1.82) is 0 Å². The second-order valence-electron chi connectivity index (χ2n) is 5.31.